The smallest absolute Gasteiger partial charge is 0.261 e. The first kappa shape index (κ1) is 15.5. The number of amides is 1. The second kappa shape index (κ2) is 7.75. The first-order valence-electron chi connectivity index (χ1n) is 5.54. The zero-order valence-corrected chi connectivity index (χ0v) is 10.9. The van der Waals surface area contributed by atoms with Crippen molar-refractivity contribution in [2.75, 3.05) is 18.5 Å². The van der Waals surface area contributed by atoms with Crippen LogP contribution in [0.1, 0.15) is 12.0 Å². The highest BCUT2D eigenvalue weighted by atomic mass is 32.1. The van der Waals surface area contributed by atoms with E-state index >= 15 is 0 Å². The van der Waals surface area contributed by atoms with Crippen LogP contribution in [0, 0.1) is 0 Å². The molecule has 0 fully saturated rings. The number of benzene rings is 1. The molecule has 104 valence electrons. The molecule has 0 saturated carbocycles. The number of anilines is 1. The van der Waals surface area contributed by atoms with E-state index < -0.39 is 13.0 Å². The SMILES string of the molecule is NC(=S)c1cccc(NC(=O)CCOCC(F)F)c1. The maximum atomic E-state index is 11.8. The molecule has 1 aromatic carbocycles. The van der Waals surface area contributed by atoms with Gasteiger partial charge in [0.2, 0.25) is 5.91 Å². The van der Waals surface area contributed by atoms with Crippen LogP contribution in [0.5, 0.6) is 0 Å². The number of carbonyl (C=O) groups excluding carboxylic acids is 1. The highest BCUT2D eigenvalue weighted by Gasteiger charge is 2.06. The molecule has 4 nitrogen and oxygen atoms in total. The molecule has 0 spiro atoms. The number of ether oxygens (including phenoxy) is 1. The molecule has 1 amide bonds. The van der Waals surface area contributed by atoms with E-state index in [0.29, 0.717) is 11.3 Å². The summed E-state index contributed by atoms with van der Waals surface area (Å²) in [6.07, 6.45) is -2.52. The fraction of sp³-hybridized carbons (Fsp3) is 0.333. The van der Waals surface area contributed by atoms with Gasteiger partial charge in [0.05, 0.1) is 13.0 Å². The van der Waals surface area contributed by atoms with Gasteiger partial charge in [-0.15, -0.1) is 0 Å². The van der Waals surface area contributed by atoms with Crippen molar-refractivity contribution in [1.29, 1.82) is 0 Å². The number of thiocarbonyl (C=S) groups is 1. The van der Waals surface area contributed by atoms with Crippen LogP contribution in [0.2, 0.25) is 0 Å². The Hall–Kier alpha value is -1.60. The van der Waals surface area contributed by atoms with Crippen molar-refractivity contribution in [1.82, 2.24) is 0 Å². The number of carbonyl (C=O) groups is 1. The van der Waals surface area contributed by atoms with Gasteiger partial charge in [0.1, 0.15) is 11.6 Å². The van der Waals surface area contributed by atoms with Crippen LogP contribution in [0.15, 0.2) is 24.3 Å². The van der Waals surface area contributed by atoms with E-state index in [0.717, 1.165) is 0 Å². The van der Waals surface area contributed by atoms with Gasteiger partial charge in [-0.1, -0.05) is 24.4 Å². The van der Waals surface area contributed by atoms with Gasteiger partial charge in [0.15, 0.2) is 0 Å². The quantitative estimate of drug-likeness (QED) is 0.594. The van der Waals surface area contributed by atoms with E-state index in [1.165, 1.54) is 0 Å². The van der Waals surface area contributed by atoms with Crippen LogP contribution in [0.3, 0.4) is 0 Å². The van der Waals surface area contributed by atoms with Gasteiger partial charge in [-0.3, -0.25) is 4.79 Å². The maximum Gasteiger partial charge on any atom is 0.261 e. The number of alkyl halides is 2. The lowest BCUT2D eigenvalue weighted by atomic mass is 10.2. The third-order valence-corrected chi connectivity index (χ3v) is 2.38. The van der Waals surface area contributed by atoms with E-state index in [4.69, 9.17) is 18.0 Å². The van der Waals surface area contributed by atoms with Crippen molar-refractivity contribution >= 4 is 28.8 Å². The summed E-state index contributed by atoms with van der Waals surface area (Å²) in [7, 11) is 0. The number of nitrogens with two attached hydrogens (primary N) is 1. The fourth-order valence-electron chi connectivity index (χ4n) is 1.31. The molecule has 1 rings (SSSR count). The zero-order valence-electron chi connectivity index (χ0n) is 10.1. The summed E-state index contributed by atoms with van der Waals surface area (Å²) in [5, 5.41) is 2.60. The molecule has 1 aromatic rings. The van der Waals surface area contributed by atoms with Crippen LogP contribution < -0.4 is 11.1 Å². The van der Waals surface area contributed by atoms with E-state index in [1.54, 1.807) is 24.3 Å². The zero-order chi connectivity index (χ0) is 14.3. The number of halogens is 2. The van der Waals surface area contributed by atoms with Crippen LogP contribution in [-0.4, -0.2) is 30.5 Å². The molecule has 0 aliphatic rings. The summed E-state index contributed by atoms with van der Waals surface area (Å²) in [6.45, 7) is -0.713. The molecule has 0 aromatic heterocycles. The minimum Gasteiger partial charge on any atom is -0.389 e. The lowest BCUT2D eigenvalue weighted by molar-refractivity contribution is -0.117. The molecule has 0 heterocycles. The Morgan fingerprint density at radius 1 is 1.47 bits per heavy atom. The van der Waals surface area contributed by atoms with Crippen molar-refractivity contribution < 1.29 is 18.3 Å². The Labute approximate surface area is 114 Å². The monoisotopic (exact) mass is 288 g/mol. The molecule has 0 radical (unpaired) electrons. The van der Waals surface area contributed by atoms with Crippen molar-refractivity contribution in [3.8, 4) is 0 Å². The molecule has 3 N–H and O–H groups in total. The van der Waals surface area contributed by atoms with Gasteiger partial charge in [0, 0.05) is 11.3 Å². The lowest BCUT2D eigenvalue weighted by Gasteiger charge is -2.07. The second-order valence-corrected chi connectivity index (χ2v) is 4.15. The molecular weight excluding hydrogens is 274 g/mol. The van der Waals surface area contributed by atoms with E-state index in [2.05, 4.69) is 10.1 Å². The Morgan fingerprint density at radius 3 is 2.84 bits per heavy atom. The molecule has 0 atom stereocenters. The molecule has 0 bridgehead atoms. The number of hydrogen-bond donors (Lipinski definition) is 2. The second-order valence-electron chi connectivity index (χ2n) is 3.71. The minimum absolute atomic E-state index is 0.00399. The van der Waals surface area contributed by atoms with Crippen molar-refractivity contribution in [2.45, 2.75) is 12.8 Å². The van der Waals surface area contributed by atoms with E-state index in [1.807, 2.05) is 0 Å². The normalized spacial score (nSPS) is 10.5. The van der Waals surface area contributed by atoms with Gasteiger partial charge in [0.25, 0.3) is 6.43 Å². The first-order valence-corrected chi connectivity index (χ1v) is 5.95. The lowest BCUT2D eigenvalue weighted by Crippen LogP contribution is -2.16. The van der Waals surface area contributed by atoms with Crippen LogP contribution in [0.25, 0.3) is 0 Å². The average Bonchev–Trinajstić information content (AvgIpc) is 2.34. The molecule has 19 heavy (non-hydrogen) atoms. The fourth-order valence-corrected chi connectivity index (χ4v) is 1.44. The summed E-state index contributed by atoms with van der Waals surface area (Å²) in [5.41, 5.74) is 6.65. The molecule has 0 unspecified atom stereocenters. The van der Waals surface area contributed by atoms with Gasteiger partial charge in [-0.2, -0.15) is 0 Å². The average molecular weight is 288 g/mol. The molecule has 0 saturated heterocycles. The summed E-state index contributed by atoms with van der Waals surface area (Å²) < 4.78 is 28.2. The van der Waals surface area contributed by atoms with Crippen molar-refractivity contribution in [3.63, 3.8) is 0 Å². The predicted molar refractivity (Wildman–Crippen MR) is 72.4 cm³/mol. The highest BCUT2D eigenvalue weighted by Crippen LogP contribution is 2.10. The predicted octanol–water partition coefficient (Wildman–Crippen LogP) is 1.93. The largest absolute Gasteiger partial charge is 0.389 e. The first-order chi connectivity index (χ1) is 8.99. The Balaban J connectivity index is 2.40. The summed E-state index contributed by atoms with van der Waals surface area (Å²) in [6, 6.07) is 6.75. The molecule has 0 aliphatic heterocycles. The third-order valence-electron chi connectivity index (χ3n) is 2.15. The van der Waals surface area contributed by atoms with Gasteiger partial charge in [-0.25, -0.2) is 8.78 Å². The molecule has 7 heteroatoms. The minimum atomic E-state index is -2.52. The van der Waals surface area contributed by atoms with Crippen LogP contribution >= 0.6 is 12.2 Å². The third kappa shape index (κ3) is 6.21. The number of hydrogen-bond acceptors (Lipinski definition) is 3. The summed E-state index contributed by atoms with van der Waals surface area (Å²) >= 11 is 4.82. The maximum absolute atomic E-state index is 11.8. The Bertz CT molecular complexity index is 455. The topological polar surface area (TPSA) is 64.3 Å². The van der Waals surface area contributed by atoms with E-state index in [-0.39, 0.29) is 23.9 Å². The Kier molecular flexibility index (Phi) is 6.31. The van der Waals surface area contributed by atoms with E-state index in [9.17, 15) is 13.6 Å². The number of nitrogens with one attached hydrogen (secondary N) is 1. The number of rotatable bonds is 7. The van der Waals surface area contributed by atoms with Crippen molar-refractivity contribution in [2.24, 2.45) is 5.73 Å². The van der Waals surface area contributed by atoms with Gasteiger partial charge in [-0.05, 0) is 12.1 Å². The van der Waals surface area contributed by atoms with Gasteiger partial charge >= 0.3 is 0 Å². The van der Waals surface area contributed by atoms with Crippen molar-refractivity contribution in [3.05, 3.63) is 29.8 Å². The molecular formula is C12H14F2N2O2S. The summed E-state index contributed by atoms with van der Waals surface area (Å²) in [5.74, 6) is -0.325. The van der Waals surface area contributed by atoms with Gasteiger partial charge < -0.3 is 15.8 Å². The molecule has 0 aliphatic carbocycles. The highest BCUT2D eigenvalue weighted by molar-refractivity contribution is 7.80. The van der Waals surface area contributed by atoms with Crippen LogP contribution in [0.4, 0.5) is 14.5 Å². The standard InChI is InChI=1S/C12H14F2N2O2S/c13-10(14)7-18-5-4-11(17)16-9-3-1-2-8(6-9)12(15)19/h1-3,6,10H,4-5,7H2,(H2,15,19)(H,16,17). The summed E-state index contributed by atoms with van der Waals surface area (Å²) in [4.78, 5) is 11.7. The van der Waals surface area contributed by atoms with Crippen LogP contribution in [-0.2, 0) is 9.53 Å². The Morgan fingerprint density at radius 2 is 2.21 bits per heavy atom.